The standard InChI is InChI=1S/C64H54O5/c1-34-41-28-30-44(35(2)42(41)27-29-43(34)54-45-17-11-13-19-47(45)56(48-20-14-12-18-46(48)54)57-58(65)60(67)62(69)61(68)59(57)66)55-50-26-24-39(63(3,4)5)32-51(50)53(38-22-21-36-15-9-10-16-37(36)31-38)49-25-23-40(33-52(49)55)64(6,7)8/h9-33,65-69H,1-8H3. The Morgan fingerprint density at radius 3 is 1.16 bits per heavy atom. The highest BCUT2D eigenvalue weighted by Gasteiger charge is 2.29. The number of aromatic hydroxyl groups is 5. The minimum Gasteiger partial charge on any atom is -0.504 e. The maximum absolute atomic E-state index is 11.3. The third-order valence-corrected chi connectivity index (χ3v) is 14.7. The summed E-state index contributed by atoms with van der Waals surface area (Å²) in [6.45, 7) is 18.1. The molecule has 0 aliphatic carbocycles. The van der Waals surface area contributed by atoms with E-state index >= 15 is 0 Å². The maximum atomic E-state index is 11.3. The summed E-state index contributed by atoms with van der Waals surface area (Å²) < 4.78 is 0. The fourth-order valence-electron chi connectivity index (χ4n) is 11.0. The molecule has 0 aliphatic heterocycles. The first kappa shape index (κ1) is 43.5. The van der Waals surface area contributed by atoms with Crippen LogP contribution in [0, 0.1) is 13.8 Å². The molecule has 0 fully saturated rings. The van der Waals surface area contributed by atoms with Crippen molar-refractivity contribution in [2.45, 2.75) is 66.2 Å². The molecule has 0 unspecified atom stereocenters. The van der Waals surface area contributed by atoms with Crippen LogP contribution in [0.3, 0.4) is 0 Å². The fourth-order valence-corrected chi connectivity index (χ4v) is 11.0. The molecule has 0 spiro atoms. The van der Waals surface area contributed by atoms with Gasteiger partial charge in [-0.05, 0) is 163 Å². The summed E-state index contributed by atoms with van der Waals surface area (Å²) in [4.78, 5) is 0. The molecule has 0 aliphatic rings. The van der Waals surface area contributed by atoms with E-state index in [1.54, 1.807) is 0 Å². The number of fused-ring (bicyclic) bond motifs is 6. The molecule has 0 atom stereocenters. The third-order valence-electron chi connectivity index (χ3n) is 14.7. The van der Waals surface area contributed by atoms with Crippen molar-refractivity contribution >= 4 is 64.6 Å². The van der Waals surface area contributed by atoms with Gasteiger partial charge in [-0.15, -0.1) is 0 Å². The van der Waals surface area contributed by atoms with Crippen LogP contribution in [0.4, 0.5) is 0 Å². The molecule has 0 heterocycles. The molecule has 69 heavy (non-hydrogen) atoms. The number of phenols is 5. The van der Waals surface area contributed by atoms with E-state index in [9.17, 15) is 25.5 Å². The van der Waals surface area contributed by atoms with Crippen molar-refractivity contribution in [3.8, 4) is 73.3 Å². The monoisotopic (exact) mass is 902 g/mol. The van der Waals surface area contributed by atoms with Gasteiger partial charge in [0, 0.05) is 5.56 Å². The van der Waals surface area contributed by atoms with E-state index < -0.39 is 28.7 Å². The van der Waals surface area contributed by atoms with E-state index in [-0.39, 0.29) is 16.4 Å². The predicted octanol–water partition coefficient (Wildman–Crippen LogP) is 17.0. The second-order valence-corrected chi connectivity index (χ2v) is 20.9. The minimum atomic E-state index is -0.993. The van der Waals surface area contributed by atoms with Gasteiger partial charge in [0.05, 0.1) is 5.56 Å². The number of aryl methyl sites for hydroxylation is 2. The second kappa shape index (κ2) is 15.5. The van der Waals surface area contributed by atoms with Gasteiger partial charge in [0.1, 0.15) is 0 Å². The van der Waals surface area contributed by atoms with E-state index in [4.69, 9.17) is 0 Å². The highest BCUT2D eigenvalue weighted by atomic mass is 16.4. The lowest BCUT2D eigenvalue weighted by Crippen LogP contribution is -2.11. The first-order chi connectivity index (χ1) is 32.9. The molecule has 11 aromatic carbocycles. The number of phenolic OH excluding ortho intramolecular Hbond substituents is 5. The van der Waals surface area contributed by atoms with Gasteiger partial charge in [0.15, 0.2) is 11.5 Å². The second-order valence-electron chi connectivity index (χ2n) is 20.9. The maximum Gasteiger partial charge on any atom is 0.208 e. The molecule has 340 valence electrons. The number of rotatable bonds is 4. The summed E-state index contributed by atoms with van der Waals surface area (Å²) in [6, 6.07) is 54.3. The predicted molar refractivity (Wildman–Crippen MR) is 288 cm³/mol. The molecule has 0 radical (unpaired) electrons. The van der Waals surface area contributed by atoms with Crippen molar-refractivity contribution in [3.63, 3.8) is 0 Å². The lowest BCUT2D eigenvalue weighted by molar-refractivity contribution is 0.330. The average molecular weight is 903 g/mol. The summed E-state index contributed by atoms with van der Waals surface area (Å²) in [5.74, 6) is -4.28. The zero-order chi connectivity index (χ0) is 48.4. The SMILES string of the molecule is Cc1c(-c2c3ccc(C(C)(C)C)cc3c(-c3ccc4ccccc4c3)c3ccc(C(C)(C)C)cc23)ccc2c(C)c(-c3c4ccccc4c(-c4c(O)c(O)c(O)c(O)c4O)c4ccccc34)ccc12. The Hall–Kier alpha value is -8.02. The largest absolute Gasteiger partial charge is 0.504 e. The molecule has 5 N–H and O–H groups in total. The van der Waals surface area contributed by atoms with Crippen LogP contribution in [0.2, 0.25) is 0 Å². The molecule has 0 aromatic heterocycles. The van der Waals surface area contributed by atoms with Crippen molar-refractivity contribution in [1.82, 2.24) is 0 Å². The summed E-state index contributed by atoms with van der Waals surface area (Å²) in [6.07, 6.45) is 0. The topological polar surface area (TPSA) is 101 Å². The van der Waals surface area contributed by atoms with Crippen LogP contribution in [-0.2, 0) is 10.8 Å². The quantitative estimate of drug-likeness (QED) is 0.0688. The van der Waals surface area contributed by atoms with Crippen molar-refractivity contribution < 1.29 is 25.5 Å². The zero-order valence-corrected chi connectivity index (χ0v) is 40.2. The molecule has 11 aromatic rings. The molecule has 0 bridgehead atoms. The molecule has 11 rings (SSSR count). The van der Waals surface area contributed by atoms with Crippen LogP contribution in [0.5, 0.6) is 28.7 Å². The van der Waals surface area contributed by atoms with Crippen molar-refractivity contribution in [2.24, 2.45) is 0 Å². The van der Waals surface area contributed by atoms with E-state index in [1.165, 1.54) is 71.3 Å². The molecule has 0 saturated carbocycles. The van der Waals surface area contributed by atoms with E-state index in [0.29, 0.717) is 16.3 Å². The van der Waals surface area contributed by atoms with Gasteiger partial charge >= 0.3 is 0 Å². The Kier molecular flexibility index (Phi) is 9.79. The Labute approximate surface area is 401 Å². The third kappa shape index (κ3) is 6.66. The van der Waals surface area contributed by atoms with Crippen LogP contribution in [0.15, 0.2) is 152 Å². The lowest BCUT2D eigenvalue weighted by atomic mass is 9.78. The van der Waals surface area contributed by atoms with Crippen LogP contribution in [0.25, 0.3) is 109 Å². The molecule has 5 nitrogen and oxygen atoms in total. The van der Waals surface area contributed by atoms with Gasteiger partial charge in [-0.2, -0.15) is 0 Å². The minimum absolute atomic E-state index is 0.0634. The number of benzene rings is 11. The van der Waals surface area contributed by atoms with Crippen LogP contribution in [0.1, 0.15) is 63.8 Å². The highest BCUT2D eigenvalue weighted by Crippen LogP contribution is 2.58. The Bertz CT molecular complexity index is 3910. The van der Waals surface area contributed by atoms with Crippen LogP contribution in [-0.4, -0.2) is 25.5 Å². The van der Waals surface area contributed by atoms with E-state index in [1.807, 2.05) is 48.5 Å². The number of hydrogen-bond acceptors (Lipinski definition) is 5. The Balaban J connectivity index is 1.19. The fraction of sp³-hybridized carbons (Fsp3) is 0.156. The van der Waals surface area contributed by atoms with E-state index in [2.05, 4.69) is 159 Å². The lowest BCUT2D eigenvalue weighted by Gasteiger charge is -2.26. The van der Waals surface area contributed by atoms with Crippen LogP contribution < -0.4 is 0 Å². The molecule has 0 amide bonds. The highest BCUT2D eigenvalue weighted by molar-refractivity contribution is 6.25. The average Bonchev–Trinajstić information content (AvgIpc) is 3.34. The van der Waals surface area contributed by atoms with Gasteiger partial charge in [-0.25, -0.2) is 0 Å². The van der Waals surface area contributed by atoms with Crippen molar-refractivity contribution in [2.75, 3.05) is 0 Å². The molecule has 5 heteroatoms. The summed E-state index contributed by atoms with van der Waals surface area (Å²) in [7, 11) is 0. The van der Waals surface area contributed by atoms with Gasteiger partial charge in [0.25, 0.3) is 0 Å². The zero-order valence-electron chi connectivity index (χ0n) is 40.2. The first-order valence-corrected chi connectivity index (χ1v) is 23.6. The van der Waals surface area contributed by atoms with Gasteiger partial charge in [-0.3, -0.25) is 0 Å². The molecule has 0 saturated heterocycles. The normalized spacial score (nSPS) is 12.3. The first-order valence-electron chi connectivity index (χ1n) is 23.6. The van der Waals surface area contributed by atoms with Gasteiger partial charge in [0.2, 0.25) is 17.2 Å². The summed E-state index contributed by atoms with van der Waals surface area (Å²) in [5.41, 5.74) is 11.8. The van der Waals surface area contributed by atoms with Crippen molar-refractivity contribution in [1.29, 1.82) is 0 Å². The Morgan fingerprint density at radius 2 is 0.667 bits per heavy atom. The Morgan fingerprint density at radius 1 is 0.290 bits per heavy atom. The summed E-state index contributed by atoms with van der Waals surface area (Å²) in [5, 5.41) is 66.9. The van der Waals surface area contributed by atoms with Gasteiger partial charge in [-0.1, -0.05) is 175 Å². The van der Waals surface area contributed by atoms with Crippen molar-refractivity contribution in [3.05, 3.63) is 174 Å². The van der Waals surface area contributed by atoms with Crippen LogP contribution >= 0.6 is 0 Å². The summed E-state index contributed by atoms with van der Waals surface area (Å²) >= 11 is 0. The number of hydrogen-bond donors (Lipinski definition) is 5. The smallest absolute Gasteiger partial charge is 0.208 e. The molecular formula is C64H54O5. The van der Waals surface area contributed by atoms with Gasteiger partial charge < -0.3 is 25.5 Å². The molecular weight excluding hydrogens is 849 g/mol. The van der Waals surface area contributed by atoms with E-state index in [0.717, 1.165) is 38.2 Å².